The highest BCUT2D eigenvalue weighted by atomic mass is 32.1. The second-order valence-corrected chi connectivity index (χ2v) is 8.54. The molecule has 0 saturated heterocycles. The van der Waals surface area contributed by atoms with Crippen molar-refractivity contribution in [3.63, 3.8) is 0 Å². The van der Waals surface area contributed by atoms with Gasteiger partial charge in [-0.3, -0.25) is 0 Å². The Hall–Kier alpha value is -3.04. The number of imidazole rings is 1. The summed E-state index contributed by atoms with van der Waals surface area (Å²) in [5, 5.41) is 20.1. The monoisotopic (exact) mass is 438 g/mol. The van der Waals surface area contributed by atoms with Gasteiger partial charge in [-0.2, -0.15) is 5.10 Å². The maximum atomic E-state index is 14.7. The van der Waals surface area contributed by atoms with Crippen LogP contribution in [0.3, 0.4) is 0 Å². The number of hydrogen-bond donors (Lipinski definition) is 2. The number of anilines is 2. The van der Waals surface area contributed by atoms with Crippen LogP contribution >= 0.6 is 11.3 Å². The lowest BCUT2D eigenvalue weighted by Gasteiger charge is -2.12. The summed E-state index contributed by atoms with van der Waals surface area (Å²) in [7, 11) is 0. The number of aryl methyl sites for hydroxylation is 2. The van der Waals surface area contributed by atoms with Gasteiger partial charge in [0, 0.05) is 22.7 Å². The van der Waals surface area contributed by atoms with E-state index < -0.39 is 0 Å². The fourth-order valence-corrected chi connectivity index (χ4v) is 4.72. The Morgan fingerprint density at radius 2 is 2.13 bits per heavy atom. The molecule has 0 spiro atoms. The lowest BCUT2D eigenvalue weighted by molar-refractivity contribution is 0.270. The molecule has 31 heavy (non-hydrogen) atoms. The molecule has 5 rings (SSSR count). The standard InChI is InChI=1S/C22H23FN6OS/c1-14-11-28(13-24-14)20-7-6-15(10-17(20)23)19-12-31-22(25-19)26-21-16-4-2-3-5-18(16)27-29(21)8-9-30/h6-7,10-13,30H,2-5,8-9H2,1H3,(H,25,26). The van der Waals surface area contributed by atoms with Crippen LogP contribution < -0.4 is 5.32 Å². The smallest absolute Gasteiger partial charge is 0.188 e. The lowest BCUT2D eigenvalue weighted by atomic mass is 9.97. The van der Waals surface area contributed by atoms with Crippen LogP contribution in [0.4, 0.5) is 15.3 Å². The molecule has 9 heteroatoms. The van der Waals surface area contributed by atoms with E-state index in [1.807, 2.05) is 23.1 Å². The Morgan fingerprint density at radius 3 is 2.90 bits per heavy atom. The first-order valence-corrected chi connectivity index (χ1v) is 11.2. The normalized spacial score (nSPS) is 13.4. The number of aliphatic hydroxyl groups excluding tert-OH is 1. The maximum absolute atomic E-state index is 14.7. The summed E-state index contributed by atoms with van der Waals surface area (Å²) in [6.07, 6.45) is 7.62. The first-order valence-electron chi connectivity index (χ1n) is 10.3. The number of aromatic nitrogens is 5. The van der Waals surface area contributed by atoms with Crippen molar-refractivity contribution in [3.05, 3.63) is 58.9 Å². The summed E-state index contributed by atoms with van der Waals surface area (Å²) in [5.74, 6) is 0.578. The van der Waals surface area contributed by atoms with E-state index in [1.54, 1.807) is 23.2 Å². The minimum absolute atomic E-state index is 0.0282. The second kappa shape index (κ2) is 8.24. The van der Waals surface area contributed by atoms with E-state index in [4.69, 9.17) is 0 Å². The van der Waals surface area contributed by atoms with Gasteiger partial charge >= 0.3 is 0 Å². The van der Waals surface area contributed by atoms with Gasteiger partial charge in [0.2, 0.25) is 0 Å². The molecule has 0 radical (unpaired) electrons. The zero-order valence-corrected chi connectivity index (χ0v) is 18.0. The molecule has 0 fully saturated rings. The number of benzene rings is 1. The van der Waals surface area contributed by atoms with E-state index in [-0.39, 0.29) is 12.4 Å². The van der Waals surface area contributed by atoms with Crippen LogP contribution in [0.5, 0.6) is 0 Å². The number of rotatable bonds is 6. The maximum Gasteiger partial charge on any atom is 0.188 e. The second-order valence-electron chi connectivity index (χ2n) is 7.68. The minimum Gasteiger partial charge on any atom is -0.394 e. The number of thiazole rings is 1. The van der Waals surface area contributed by atoms with Crippen molar-refractivity contribution in [2.75, 3.05) is 11.9 Å². The fraction of sp³-hybridized carbons (Fsp3) is 0.318. The summed E-state index contributed by atoms with van der Waals surface area (Å²) >= 11 is 1.47. The molecule has 0 unspecified atom stereocenters. The van der Waals surface area contributed by atoms with Gasteiger partial charge in [-0.1, -0.05) is 6.07 Å². The Bertz CT molecular complexity index is 1230. The van der Waals surface area contributed by atoms with Gasteiger partial charge in [0.15, 0.2) is 5.13 Å². The number of aliphatic hydroxyl groups is 1. The van der Waals surface area contributed by atoms with E-state index in [0.29, 0.717) is 23.5 Å². The highest BCUT2D eigenvalue weighted by molar-refractivity contribution is 7.14. The number of fused-ring (bicyclic) bond motifs is 1. The molecule has 3 aromatic heterocycles. The highest BCUT2D eigenvalue weighted by Crippen LogP contribution is 2.33. The van der Waals surface area contributed by atoms with Gasteiger partial charge in [0.25, 0.3) is 0 Å². The predicted octanol–water partition coefficient (Wildman–Crippen LogP) is 4.25. The summed E-state index contributed by atoms with van der Waals surface area (Å²) in [4.78, 5) is 8.83. The molecular formula is C22H23FN6OS. The van der Waals surface area contributed by atoms with Crippen molar-refractivity contribution in [3.8, 4) is 16.9 Å². The predicted molar refractivity (Wildman–Crippen MR) is 119 cm³/mol. The molecule has 4 aromatic rings. The van der Waals surface area contributed by atoms with Gasteiger partial charge in [-0.15, -0.1) is 11.3 Å². The van der Waals surface area contributed by atoms with Gasteiger partial charge in [0.1, 0.15) is 11.6 Å². The highest BCUT2D eigenvalue weighted by Gasteiger charge is 2.21. The van der Waals surface area contributed by atoms with Crippen molar-refractivity contribution in [2.45, 2.75) is 39.2 Å². The van der Waals surface area contributed by atoms with Crippen LogP contribution in [-0.4, -0.2) is 36.0 Å². The van der Waals surface area contributed by atoms with Crippen LogP contribution in [0.25, 0.3) is 16.9 Å². The van der Waals surface area contributed by atoms with Crippen molar-refractivity contribution in [1.82, 2.24) is 24.3 Å². The SMILES string of the molecule is Cc1cn(-c2ccc(-c3csc(Nc4c5c(nn4CCO)CCCC5)n3)cc2F)cn1. The molecule has 2 N–H and O–H groups in total. The number of halogens is 1. The molecule has 0 atom stereocenters. The van der Waals surface area contributed by atoms with Gasteiger partial charge < -0.3 is 15.0 Å². The van der Waals surface area contributed by atoms with E-state index in [0.717, 1.165) is 48.0 Å². The molecule has 1 aliphatic rings. The van der Waals surface area contributed by atoms with Crippen LogP contribution in [0.1, 0.15) is 29.8 Å². The van der Waals surface area contributed by atoms with E-state index in [1.165, 1.54) is 23.0 Å². The lowest BCUT2D eigenvalue weighted by Crippen LogP contribution is -2.08. The average Bonchev–Trinajstić information content (AvgIpc) is 3.48. The zero-order chi connectivity index (χ0) is 21.4. The number of hydrogen-bond acceptors (Lipinski definition) is 6. The summed E-state index contributed by atoms with van der Waals surface area (Å²) in [5.41, 5.74) is 5.03. The van der Waals surface area contributed by atoms with Crippen LogP contribution in [0, 0.1) is 12.7 Å². The zero-order valence-electron chi connectivity index (χ0n) is 17.2. The molecule has 160 valence electrons. The van der Waals surface area contributed by atoms with Crippen molar-refractivity contribution >= 4 is 22.3 Å². The molecular weight excluding hydrogens is 415 g/mol. The number of nitrogens with one attached hydrogen (secondary N) is 1. The Kier molecular flexibility index (Phi) is 5.29. The Labute approximate surface area is 183 Å². The molecule has 0 amide bonds. The molecule has 3 heterocycles. The van der Waals surface area contributed by atoms with Gasteiger partial charge in [-0.05, 0) is 44.7 Å². The third-order valence-electron chi connectivity index (χ3n) is 5.50. The fourth-order valence-electron chi connectivity index (χ4n) is 4.00. The molecule has 0 saturated carbocycles. The molecule has 0 bridgehead atoms. The molecule has 7 nitrogen and oxygen atoms in total. The Balaban J connectivity index is 1.41. The van der Waals surface area contributed by atoms with E-state index in [9.17, 15) is 9.50 Å². The van der Waals surface area contributed by atoms with Gasteiger partial charge in [0.05, 0.1) is 42.2 Å². The summed E-state index contributed by atoms with van der Waals surface area (Å²) in [6.45, 7) is 2.34. The van der Waals surface area contributed by atoms with Crippen molar-refractivity contribution in [2.24, 2.45) is 0 Å². The molecule has 1 aromatic carbocycles. The summed E-state index contributed by atoms with van der Waals surface area (Å²) < 4.78 is 18.3. The van der Waals surface area contributed by atoms with Crippen molar-refractivity contribution < 1.29 is 9.50 Å². The van der Waals surface area contributed by atoms with E-state index >= 15 is 0 Å². The Morgan fingerprint density at radius 1 is 1.26 bits per heavy atom. The quantitative estimate of drug-likeness (QED) is 0.470. The minimum atomic E-state index is -0.326. The first kappa shape index (κ1) is 19.9. The van der Waals surface area contributed by atoms with Crippen LogP contribution in [-0.2, 0) is 19.4 Å². The number of nitrogens with zero attached hydrogens (tertiary/aromatic N) is 5. The first-order chi connectivity index (χ1) is 15.1. The van der Waals surface area contributed by atoms with Gasteiger partial charge in [-0.25, -0.2) is 19.0 Å². The topological polar surface area (TPSA) is 80.8 Å². The molecule has 0 aliphatic heterocycles. The third-order valence-corrected chi connectivity index (χ3v) is 6.26. The van der Waals surface area contributed by atoms with Crippen LogP contribution in [0.15, 0.2) is 36.1 Å². The van der Waals surface area contributed by atoms with E-state index in [2.05, 4.69) is 20.4 Å². The third kappa shape index (κ3) is 3.86. The van der Waals surface area contributed by atoms with Crippen molar-refractivity contribution in [1.29, 1.82) is 0 Å². The average molecular weight is 439 g/mol. The summed E-state index contributed by atoms with van der Waals surface area (Å²) in [6, 6.07) is 5.11. The molecule has 1 aliphatic carbocycles. The largest absolute Gasteiger partial charge is 0.394 e. The van der Waals surface area contributed by atoms with Crippen LogP contribution in [0.2, 0.25) is 0 Å².